The van der Waals surface area contributed by atoms with E-state index in [1.165, 1.54) is 16.7 Å². The number of rotatable bonds is 4. The molecule has 4 rings (SSSR count). The van der Waals surface area contributed by atoms with Crippen molar-refractivity contribution in [1.82, 2.24) is 19.1 Å². The number of aromatic nitrogens is 4. The van der Waals surface area contributed by atoms with Crippen LogP contribution < -0.4 is 5.56 Å². The van der Waals surface area contributed by atoms with E-state index in [0.717, 1.165) is 6.07 Å². The minimum atomic E-state index is -0.685. The van der Waals surface area contributed by atoms with E-state index in [4.69, 9.17) is 11.6 Å². The Balaban J connectivity index is 1.97. The third-order valence-corrected chi connectivity index (χ3v) is 4.67. The van der Waals surface area contributed by atoms with Crippen molar-refractivity contribution in [3.05, 3.63) is 87.2 Å². The Morgan fingerprint density at radius 1 is 1.07 bits per heavy atom. The highest BCUT2D eigenvalue weighted by molar-refractivity contribution is 6.30. The molecule has 0 bridgehead atoms. The maximum atomic E-state index is 13.6. The number of hydrogen-bond donors (Lipinski definition) is 0. The molecule has 28 heavy (non-hydrogen) atoms. The molecule has 0 saturated carbocycles. The van der Waals surface area contributed by atoms with Crippen molar-refractivity contribution in [2.24, 2.45) is 0 Å². The average molecular weight is 401 g/mol. The van der Waals surface area contributed by atoms with Crippen LogP contribution >= 0.6 is 11.6 Å². The lowest BCUT2D eigenvalue weighted by atomic mass is 10.1. The van der Waals surface area contributed by atoms with Gasteiger partial charge in [-0.05, 0) is 48.9 Å². The van der Waals surface area contributed by atoms with Crippen LogP contribution in [-0.2, 0) is 13.0 Å². The van der Waals surface area contributed by atoms with E-state index in [9.17, 15) is 13.6 Å². The van der Waals surface area contributed by atoms with Crippen LogP contribution in [-0.4, -0.2) is 19.1 Å². The van der Waals surface area contributed by atoms with Crippen molar-refractivity contribution in [3.8, 4) is 5.69 Å². The molecule has 2 heterocycles. The third kappa shape index (κ3) is 3.29. The van der Waals surface area contributed by atoms with Gasteiger partial charge in [-0.25, -0.2) is 18.7 Å². The summed E-state index contributed by atoms with van der Waals surface area (Å²) in [5, 5.41) is 0.523. The van der Waals surface area contributed by atoms with Crippen LogP contribution in [0, 0.1) is 11.6 Å². The average Bonchev–Trinajstić information content (AvgIpc) is 3.05. The second kappa shape index (κ2) is 7.16. The minimum absolute atomic E-state index is 0.0668. The molecule has 8 heteroatoms. The lowest BCUT2D eigenvalue weighted by molar-refractivity contribution is 0.580. The van der Waals surface area contributed by atoms with Crippen molar-refractivity contribution in [3.63, 3.8) is 0 Å². The lowest BCUT2D eigenvalue weighted by Gasteiger charge is -2.13. The molecule has 5 nitrogen and oxygen atoms in total. The zero-order valence-corrected chi connectivity index (χ0v) is 15.6. The standard InChI is InChI=1S/C20H15ClF2N4O/c1-2-26-11-24-18-19(26)25-17(9-12-7-14(22)10-15(23)8-12)27(20(18)28)16-5-3-13(21)4-6-16/h3-8,10-11H,2,9H2,1H3. The molecule has 0 atom stereocenters. The smallest absolute Gasteiger partial charge is 0.286 e. The lowest BCUT2D eigenvalue weighted by Crippen LogP contribution is -2.24. The molecule has 0 radical (unpaired) electrons. The summed E-state index contributed by atoms with van der Waals surface area (Å²) in [7, 11) is 0. The summed E-state index contributed by atoms with van der Waals surface area (Å²) in [4.78, 5) is 21.9. The van der Waals surface area contributed by atoms with Gasteiger partial charge in [-0.1, -0.05) is 11.6 Å². The van der Waals surface area contributed by atoms with Gasteiger partial charge in [-0.2, -0.15) is 0 Å². The molecule has 0 spiro atoms. The molecule has 0 amide bonds. The normalized spacial score (nSPS) is 11.3. The largest absolute Gasteiger partial charge is 0.315 e. The summed E-state index contributed by atoms with van der Waals surface area (Å²) in [6.07, 6.45) is 1.62. The number of aryl methyl sites for hydroxylation is 1. The molecule has 0 aliphatic heterocycles. The van der Waals surface area contributed by atoms with E-state index in [0.29, 0.717) is 34.3 Å². The summed E-state index contributed by atoms with van der Waals surface area (Å²) >= 11 is 5.96. The van der Waals surface area contributed by atoms with Crippen LogP contribution in [0.15, 0.2) is 53.6 Å². The van der Waals surface area contributed by atoms with E-state index in [1.54, 1.807) is 35.2 Å². The molecule has 142 valence electrons. The fourth-order valence-electron chi connectivity index (χ4n) is 3.14. The molecule has 0 aliphatic carbocycles. The van der Waals surface area contributed by atoms with Gasteiger partial charge in [0.25, 0.3) is 5.56 Å². The number of halogens is 3. The third-order valence-electron chi connectivity index (χ3n) is 4.42. The van der Waals surface area contributed by atoms with E-state index < -0.39 is 11.6 Å². The second-order valence-electron chi connectivity index (χ2n) is 6.30. The highest BCUT2D eigenvalue weighted by Crippen LogP contribution is 2.19. The molecule has 0 aliphatic rings. The summed E-state index contributed by atoms with van der Waals surface area (Å²) in [5.41, 5.74) is 1.22. The van der Waals surface area contributed by atoms with Crippen LogP contribution in [0.1, 0.15) is 18.3 Å². The Morgan fingerprint density at radius 2 is 1.75 bits per heavy atom. The minimum Gasteiger partial charge on any atom is -0.315 e. The van der Waals surface area contributed by atoms with Gasteiger partial charge in [0.1, 0.15) is 17.5 Å². The van der Waals surface area contributed by atoms with Crippen molar-refractivity contribution in [2.45, 2.75) is 19.9 Å². The molecule has 2 aromatic carbocycles. The molecule has 2 aromatic heterocycles. The number of benzene rings is 2. The maximum absolute atomic E-state index is 13.6. The van der Waals surface area contributed by atoms with Gasteiger partial charge in [0.15, 0.2) is 11.2 Å². The first-order valence-electron chi connectivity index (χ1n) is 8.64. The monoisotopic (exact) mass is 400 g/mol. The van der Waals surface area contributed by atoms with Gasteiger partial charge in [0, 0.05) is 24.1 Å². The molecular weight excluding hydrogens is 386 g/mol. The van der Waals surface area contributed by atoms with E-state index in [2.05, 4.69) is 9.97 Å². The number of hydrogen-bond acceptors (Lipinski definition) is 3. The zero-order chi connectivity index (χ0) is 19.8. The van der Waals surface area contributed by atoms with Gasteiger partial charge in [-0.15, -0.1) is 0 Å². The zero-order valence-electron chi connectivity index (χ0n) is 14.9. The van der Waals surface area contributed by atoms with Crippen LogP contribution in [0.25, 0.3) is 16.9 Å². The Hall–Kier alpha value is -3.06. The molecule has 0 fully saturated rings. The summed E-state index contributed by atoms with van der Waals surface area (Å²) in [6.45, 7) is 2.50. The van der Waals surface area contributed by atoms with Gasteiger partial charge < -0.3 is 4.57 Å². The quantitative estimate of drug-likeness (QED) is 0.517. The van der Waals surface area contributed by atoms with Crippen LogP contribution in [0.3, 0.4) is 0 Å². The van der Waals surface area contributed by atoms with Crippen molar-refractivity contribution >= 4 is 22.8 Å². The number of nitrogens with zero attached hydrogens (tertiary/aromatic N) is 4. The molecular formula is C20H15ClF2N4O. The van der Waals surface area contributed by atoms with Crippen molar-refractivity contribution in [2.75, 3.05) is 0 Å². The Labute approximate surface area is 163 Å². The van der Waals surface area contributed by atoms with Gasteiger partial charge in [-0.3, -0.25) is 9.36 Å². The van der Waals surface area contributed by atoms with Crippen LogP contribution in [0.2, 0.25) is 5.02 Å². The number of fused-ring (bicyclic) bond motifs is 1. The van der Waals surface area contributed by atoms with E-state index in [1.807, 2.05) is 6.92 Å². The highest BCUT2D eigenvalue weighted by Gasteiger charge is 2.17. The molecule has 0 unspecified atom stereocenters. The molecule has 0 N–H and O–H groups in total. The first kappa shape index (κ1) is 18.3. The highest BCUT2D eigenvalue weighted by atomic mass is 35.5. The first-order valence-corrected chi connectivity index (χ1v) is 9.01. The summed E-state index contributed by atoms with van der Waals surface area (Å²) in [5.74, 6) is -1.02. The molecule has 0 saturated heterocycles. The van der Waals surface area contributed by atoms with Crippen LogP contribution in [0.4, 0.5) is 8.78 Å². The fourth-order valence-corrected chi connectivity index (χ4v) is 3.27. The fraction of sp³-hybridized carbons (Fsp3) is 0.150. The van der Waals surface area contributed by atoms with Gasteiger partial charge in [0.05, 0.1) is 12.0 Å². The summed E-state index contributed by atoms with van der Waals surface area (Å²) < 4.78 is 30.4. The SMILES string of the molecule is CCn1cnc2c(=O)n(-c3ccc(Cl)cc3)c(Cc3cc(F)cc(F)c3)nc21. The predicted octanol–water partition coefficient (Wildman–Crippen LogP) is 4.12. The number of imidazole rings is 1. The topological polar surface area (TPSA) is 52.7 Å². The first-order chi connectivity index (χ1) is 13.5. The predicted molar refractivity (Wildman–Crippen MR) is 103 cm³/mol. The summed E-state index contributed by atoms with van der Waals surface area (Å²) in [6, 6.07) is 9.94. The van der Waals surface area contributed by atoms with Crippen LogP contribution in [0.5, 0.6) is 0 Å². The maximum Gasteiger partial charge on any atom is 0.286 e. The van der Waals surface area contributed by atoms with Gasteiger partial charge >= 0.3 is 0 Å². The Kier molecular flexibility index (Phi) is 4.68. The van der Waals surface area contributed by atoms with Crippen molar-refractivity contribution < 1.29 is 8.78 Å². The van der Waals surface area contributed by atoms with Gasteiger partial charge in [0.2, 0.25) is 0 Å². The van der Waals surface area contributed by atoms with Crippen molar-refractivity contribution in [1.29, 1.82) is 0 Å². The second-order valence-corrected chi connectivity index (χ2v) is 6.74. The Bertz CT molecular complexity index is 1210. The molecule has 4 aromatic rings. The van der Waals surface area contributed by atoms with E-state index >= 15 is 0 Å². The Morgan fingerprint density at radius 3 is 2.39 bits per heavy atom. The van der Waals surface area contributed by atoms with E-state index in [-0.39, 0.29) is 17.5 Å².